The minimum atomic E-state index is -0.212. The van der Waals surface area contributed by atoms with Crippen LogP contribution in [-0.4, -0.2) is 5.11 Å². The predicted molar refractivity (Wildman–Crippen MR) is 96.1 cm³/mol. The second-order valence-corrected chi connectivity index (χ2v) is 6.82. The van der Waals surface area contributed by atoms with Gasteiger partial charge in [0.25, 0.3) is 0 Å². The first kappa shape index (κ1) is 15.7. The van der Waals surface area contributed by atoms with Gasteiger partial charge in [-0.05, 0) is 29.7 Å². The summed E-state index contributed by atoms with van der Waals surface area (Å²) in [5.74, 6) is 0.0635. The Kier molecular flexibility index (Phi) is 4.73. The van der Waals surface area contributed by atoms with Crippen molar-refractivity contribution in [3.8, 4) is 5.75 Å². The van der Waals surface area contributed by atoms with Crippen LogP contribution in [0.25, 0.3) is 0 Å². The number of halogens is 1. The van der Waals surface area contributed by atoms with E-state index in [-0.39, 0.29) is 20.1 Å². The van der Waals surface area contributed by atoms with Crippen molar-refractivity contribution in [3.05, 3.63) is 89.2 Å². The van der Waals surface area contributed by atoms with Gasteiger partial charge in [-0.1, -0.05) is 69.2 Å². The van der Waals surface area contributed by atoms with Crippen LogP contribution in [0.3, 0.4) is 0 Å². The van der Waals surface area contributed by atoms with Gasteiger partial charge in [-0.15, -0.1) is 0 Å². The monoisotopic (exact) mass is 324 g/mol. The van der Waals surface area contributed by atoms with Gasteiger partial charge < -0.3 is 5.11 Å². The number of para-hydroxylation sites is 1. The SMILES string of the molecule is Cc1cccc(F)c1Pc1cccc(Cc2ccccc2)c1O. The highest BCUT2D eigenvalue weighted by Gasteiger charge is 2.12. The van der Waals surface area contributed by atoms with Crippen LogP contribution in [0.5, 0.6) is 5.75 Å². The lowest BCUT2D eigenvalue weighted by Gasteiger charge is -2.12. The molecule has 0 aliphatic rings. The third-order valence-electron chi connectivity index (χ3n) is 3.84. The molecule has 0 radical (unpaired) electrons. The second-order valence-electron chi connectivity index (χ2n) is 5.53. The molecule has 0 amide bonds. The molecule has 0 saturated heterocycles. The van der Waals surface area contributed by atoms with E-state index in [1.54, 1.807) is 6.07 Å². The molecule has 0 bridgehead atoms. The fraction of sp³-hybridized carbons (Fsp3) is 0.100. The quantitative estimate of drug-likeness (QED) is 0.718. The minimum absolute atomic E-state index is 0.105. The van der Waals surface area contributed by atoms with Crippen molar-refractivity contribution in [1.29, 1.82) is 0 Å². The summed E-state index contributed by atoms with van der Waals surface area (Å²) in [7, 11) is 0.105. The molecule has 0 heterocycles. The molecule has 1 N–H and O–H groups in total. The number of aryl methyl sites for hydroxylation is 1. The number of aromatic hydroxyl groups is 1. The lowest BCUT2D eigenvalue weighted by Crippen LogP contribution is -2.12. The van der Waals surface area contributed by atoms with E-state index in [2.05, 4.69) is 0 Å². The molecule has 3 aromatic rings. The summed E-state index contributed by atoms with van der Waals surface area (Å²) < 4.78 is 14.0. The van der Waals surface area contributed by atoms with Gasteiger partial charge in [0.05, 0.1) is 0 Å². The van der Waals surface area contributed by atoms with Crippen molar-refractivity contribution in [1.82, 2.24) is 0 Å². The molecule has 0 fully saturated rings. The fourth-order valence-corrected chi connectivity index (χ4v) is 3.79. The summed E-state index contributed by atoms with van der Waals surface area (Å²) >= 11 is 0. The molecular weight excluding hydrogens is 306 g/mol. The van der Waals surface area contributed by atoms with E-state index in [4.69, 9.17) is 0 Å². The largest absolute Gasteiger partial charge is 0.507 e. The molecule has 0 spiro atoms. The number of phenols is 1. The third kappa shape index (κ3) is 3.60. The summed E-state index contributed by atoms with van der Waals surface area (Å²) in [6, 6.07) is 20.8. The van der Waals surface area contributed by atoms with Crippen molar-refractivity contribution in [2.24, 2.45) is 0 Å². The summed E-state index contributed by atoms with van der Waals surface area (Å²) in [4.78, 5) is 0. The summed E-state index contributed by atoms with van der Waals surface area (Å²) in [6.07, 6.45) is 0.668. The smallest absolute Gasteiger partial charge is 0.131 e. The molecule has 0 aromatic heterocycles. The van der Waals surface area contributed by atoms with Gasteiger partial charge in [0.1, 0.15) is 11.6 Å². The summed E-state index contributed by atoms with van der Waals surface area (Å²) in [5, 5.41) is 12.0. The van der Waals surface area contributed by atoms with E-state index >= 15 is 0 Å². The summed E-state index contributed by atoms with van der Waals surface area (Å²) in [5.41, 5.74) is 2.93. The maximum Gasteiger partial charge on any atom is 0.131 e. The normalized spacial score (nSPS) is 11.2. The molecule has 0 aliphatic heterocycles. The average molecular weight is 324 g/mol. The van der Waals surface area contributed by atoms with Gasteiger partial charge in [-0.25, -0.2) is 4.39 Å². The fourth-order valence-electron chi connectivity index (χ4n) is 2.58. The molecule has 1 unspecified atom stereocenters. The van der Waals surface area contributed by atoms with E-state index in [0.717, 1.165) is 22.0 Å². The van der Waals surface area contributed by atoms with Gasteiger partial charge in [0, 0.05) is 17.0 Å². The number of hydrogen-bond donors (Lipinski definition) is 1. The molecule has 0 aliphatic carbocycles. The van der Waals surface area contributed by atoms with Crippen molar-refractivity contribution in [3.63, 3.8) is 0 Å². The first-order valence-electron chi connectivity index (χ1n) is 7.52. The van der Waals surface area contributed by atoms with Crippen LogP contribution in [0.4, 0.5) is 4.39 Å². The Morgan fingerprint density at radius 1 is 0.913 bits per heavy atom. The molecule has 23 heavy (non-hydrogen) atoms. The highest BCUT2D eigenvalue weighted by molar-refractivity contribution is 7.55. The molecule has 3 aromatic carbocycles. The molecular formula is C20H18FOP. The predicted octanol–water partition coefficient (Wildman–Crippen LogP) is 4.06. The Morgan fingerprint density at radius 3 is 2.39 bits per heavy atom. The highest BCUT2D eigenvalue weighted by atomic mass is 31.1. The Hall–Kier alpha value is -2.18. The van der Waals surface area contributed by atoms with Gasteiger partial charge in [-0.2, -0.15) is 0 Å². The van der Waals surface area contributed by atoms with Crippen molar-refractivity contribution < 1.29 is 9.50 Å². The van der Waals surface area contributed by atoms with E-state index in [1.807, 2.05) is 61.5 Å². The van der Waals surface area contributed by atoms with Crippen LogP contribution >= 0.6 is 8.58 Å². The zero-order valence-electron chi connectivity index (χ0n) is 12.9. The van der Waals surface area contributed by atoms with Gasteiger partial charge >= 0.3 is 0 Å². The number of phenolic OH excluding ortho intramolecular Hbond substituents is 1. The third-order valence-corrected chi connectivity index (χ3v) is 5.39. The maximum absolute atomic E-state index is 14.0. The number of benzene rings is 3. The average Bonchev–Trinajstić information content (AvgIpc) is 2.55. The van der Waals surface area contributed by atoms with Crippen LogP contribution in [0.1, 0.15) is 16.7 Å². The standard InChI is InChI=1S/C20H18FOP/c1-14-7-5-11-17(21)20(14)23-18-12-6-10-16(19(18)22)13-15-8-3-2-4-9-15/h2-12,22-23H,13H2,1H3. The summed E-state index contributed by atoms with van der Waals surface area (Å²) in [6.45, 7) is 1.90. The van der Waals surface area contributed by atoms with E-state index in [0.29, 0.717) is 11.7 Å². The van der Waals surface area contributed by atoms with Crippen LogP contribution < -0.4 is 10.6 Å². The van der Waals surface area contributed by atoms with Crippen LogP contribution in [0.2, 0.25) is 0 Å². The van der Waals surface area contributed by atoms with E-state index in [1.165, 1.54) is 6.07 Å². The van der Waals surface area contributed by atoms with Crippen molar-refractivity contribution >= 4 is 19.2 Å². The van der Waals surface area contributed by atoms with Crippen LogP contribution in [0.15, 0.2) is 66.7 Å². The molecule has 0 saturated carbocycles. The number of rotatable bonds is 4. The lowest BCUT2D eigenvalue weighted by atomic mass is 10.0. The highest BCUT2D eigenvalue weighted by Crippen LogP contribution is 2.26. The molecule has 1 nitrogen and oxygen atoms in total. The van der Waals surface area contributed by atoms with E-state index < -0.39 is 0 Å². The van der Waals surface area contributed by atoms with Gasteiger partial charge in [0.2, 0.25) is 0 Å². The Bertz CT molecular complexity index is 795. The first-order valence-corrected chi connectivity index (χ1v) is 8.52. The Labute approximate surface area is 137 Å². The lowest BCUT2D eigenvalue weighted by molar-refractivity contribution is 0.474. The topological polar surface area (TPSA) is 20.2 Å². The molecule has 1 atom stereocenters. The van der Waals surface area contributed by atoms with Gasteiger partial charge in [-0.3, -0.25) is 0 Å². The molecule has 116 valence electrons. The van der Waals surface area contributed by atoms with Crippen molar-refractivity contribution in [2.75, 3.05) is 0 Å². The number of hydrogen-bond acceptors (Lipinski definition) is 1. The maximum atomic E-state index is 14.0. The first-order chi connectivity index (χ1) is 11.1. The van der Waals surface area contributed by atoms with Crippen LogP contribution in [-0.2, 0) is 6.42 Å². The minimum Gasteiger partial charge on any atom is -0.507 e. The molecule has 3 rings (SSSR count). The van der Waals surface area contributed by atoms with Crippen LogP contribution in [0, 0.1) is 12.7 Å². The van der Waals surface area contributed by atoms with E-state index in [9.17, 15) is 9.50 Å². The van der Waals surface area contributed by atoms with Gasteiger partial charge in [0.15, 0.2) is 0 Å². The zero-order chi connectivity index (χ0) is 16.2. The Balaban J connectivity index is 1.91. The second kappa shape index (κ2) is 6.93. The molecule has 3 heteroatoms. The van der Waals surface area contributed by atoms with Crippen molar-refractivity contribution in [2.45, 2.75) is 13.3 Å². The zero-order valence-corrected chi connectivity index (χ0v) is 13.9. The Morgan fingerprint density at radius 2 is 1.65 bits per heavy atom.